The Hall–Kier alpha value is -5.63. The Kier molecular flexibility index (Phi) is 9.97. The zero-order chi connectivity index (χ0) is 32.6. The van der Waals surface area contributed by atoms with Crippen LogP contribution in [0.3, 0.4) is 0 Å². The van der Waals surface area contributed by atoms with E-state index in [0.717, 1.165) is 35.1 Å². The number of benzene rings is 4. The fourth-order valence-electron chi connectivity index (χ4n) is 5.57. The third-order valence-corrected chi connectivity index (χ3v) is 7.89. The van der Waals surface area contributed by atoms with Gasteiger partial charge < -0.3 is 15.3 Å². The molecular formula is C38H34N2O6. The van der Waals surface area contributed by atoms with Crippen molar-refractivity contribution in [1.82, 2.24) is 9.97 Å². The topological polar surface area (TPSA) is 138 Å². The zero-order valence-corrected chi connectivity index (χ0v) is 25.4. The summed E-state index contributed by atoms with van der Waals surface area (Å²) in [4.78, 5) is 45.2. The predicted octanol–water partition coefficient (Wildman–Crippen LogP) is 7.36. The number of unbranched alkanes of at least 4 members (excludes halogenated alkanes) is 1. The number of aryl methyl sites for hydroxylation is 1. The number of hydrogen-bond acceptors (Lipinski definition) is 5. The van der Waals surface area contributed by atoms with E-state index in [1.807, 2.05) is 48.5 Å². The van der Waals surface area contributed by atoms with Gasteiger partial charge in [-0.3, -0.25) is 4.79 Å². The van der Waals surface area contributed by atoms with Crippen molar-refractivity contribution in [2.75, 3.05) is 0 Å². The summed E-state index contributed by atoms with van der Waals surface area (Å²) in [5, 5.41) is 29.1. The maximum atomic E-state index is 12.1. The summed E-state index contributed by atoms with van der Waals surface area (Å²) in [5.41, 5.74) is 6.95. The number of hydrogen-bond donors (Lipinski definition) is 3. The number of aromatic carboxylic acids is 2. The molecule has 0 saturated heterocycles. The van der Waals surface area contributed by atoms with Gasteiger partial charge in [0.1, 0.15) is 5.82 Å². The van der Waals surface area contributed by atoms with Gasteiger partial charge in [-0.15, -0.1) is 0 Å². The van der Waals surface area contributed by atoms with E-state index >= 15 is 0 Å². The van der Waals surface area contributed by atoms with Crippen molar-refractivity contribution < 1.29 is 29.7 Å². The van der Waals surface area contributed by atoms with Gasteiger partial charge in [0, 0.05) is 24.8 Å². The van der Waals surface area contributed by atoms with Crippen LogP contribution in [0.15, 0.2) is 97.1 Å². The third-order valence-electron chi connectivity index (χ3n) is 7.89. The van der Waals surface area contributed by atoms with E-state index in [0.29, 0.717) is 53.2 Å². The Balaban J connectivity index is 1.48. The number of aromatic nitrogens is 2. The van der Waals surface area contributed by atoms with E-state index in [9.17, 15) is 29.7 Å². The molecule has 0 radical (unpaired) electrons. The fraction of sp³-hybridized carbons (Fsp3) is 0.184. The van der Waals surface area contributed by atoms with Crippen molar-refractivity contribution in [2.24, 2.45) is 0 Å². The lowest BCUT2D eigenvalue weighted by Gasteiger charge is -2.16. The molecule has 0 spiro atoms. The standard InChI is InChI=1S/C38H34N2O6/c1-2-3-12-35-39-33(21-24-13-17-26(18-14-24)28-8-4-6-10-30(28)37(43)44)32(23-36(41)42)34(40-35)22-25-15-19-27(20-16-25)29-9-5-7-11-31(29)38(45)46/h4-11,13-20H,2-3,12,21-23H2,1H3,(H,41,42)(H,43,44)(H,45,46). The average Bonchev–Trinajstić information content (AvgIpc) is 3.05. The number of carbonyl (C=O) groups is 3. The molecule has 5 aromatic rings. The quantitative estimate of drug-likeness (QED) is 0.125. The van der Waals surface area contributed by atoms with Gasteiger partial charge in [0.15, 0.2) is 0 Å². The highest BCUT2D eigenvalue weighted by atomic mass is 16.4. The Morgan fingerprint density at radius 1 is 0.609 bits per heavy atom. The largest absolute Gasteiger partial charge is 0.481 e. The van der Waals surface area contributed by atoms with Crippen molar-refractivity contribution >= 4 is 17.9 Å². The van der Waals surface area contributed by atoms with E-state index in [4.69, 9.17) is 9.97 Å². The Morgan fingerprint density at radius 3 is 1.43 bits per heavy atom. The van der Waals surface area contributed by atoms with Crippen LogP contribution in [0.2, 0.25) is 0 Å². The highest BCUT2D eigenvalue weighted by molar-refractivity contribution is 5.96. The maximum Gasteiger partial charge on any atom is 0.336 e. The minimum Gasteiger partial charge on any atom is -0.481 e. The second kappa shape index (κ2) is 14.4. The molecule has 8 nitrogen and oxygen atoms in total. The van der Waals surface area contributed by atoms with E-state index in [1.54, 1.807) is 48.5 Å². The molecule has 0 saturated carbocycles. The van der Waals surface area contributed by atoms with Gasteiger partial charge >= 0.3 is 17.9 Å². The highest BCUT2D eigenvalue weighted by Gasteiger charge is 2.19. The van der Waals surface area contributed by atoms with Crippen LogP contribution in [0.4, 0.5) is 0 Å². The number of carboxylic acids is 3. The van der Waals surface area contributed by atoms with Crippen LogP contribution < -0.4 is 0 Å². The number of aliphatic carboxylic acids is 1. The van der Waals surface area contributed by atoms with Gasteiger partial charge in [0.25, 0.3) is 0 Å². The van der Waals surface area contributed by atoms with Gasteiger partial charge in [0.05, 0.1) is 28.9 Å². The normalized spacial score (nSPS) is 10.9. The molecule has 0 unspecified atom stereocenters. The summed E-state index contributed by atoms with van der Waals surface area (Å²) in [6.07, 6.45) is 3.08. The number of carboxylic acid groups (broad SMARTS) is 3. The lowest BCUT2D eigenvalue weighted by Crippen LogP contribution is -2.15. The van der Waals surface area contributed by atoms with Crippen LogP contribution in [-0.2, 0) is 30.5 Å². The number of rotatable bonds is 13. The van der Waals surface area contributed by atoms with Crippen LogP contribution in [0, 0.1) is 0 Å². The maximum absolute atomic E-state index is 12.1. The van der Waals surface area contributed by atoms with Gasteiger partial charge in [-0.05, 0) is 51.9 Å². The van der Waals surface area contributed by atoms with Crippen LogP contribution >= 0.6 is 0 Å². The molecule has 0 bridgehead atoms. The molecule has 4 aromatic carbocycles. The van der Waals surface area contributed by atoms with Gasteiger partial charge in [0.2, 0.25) is 0 Å². The van der Waals surface area contributed by atoms with Crippen molar-refractivity contribution in [3.05, 3.63) is 142 Å². The molecule has 0 aliphatic heterocycles. The molecule has 3 N–H and O–H groups in total. The third kappa shape index (κ3) is 7.53. The smallest absolute Gasteiger partial charge is 0.336 e. The molecule has 46 heavy (non-hydrogen) atoms. The van der Waals surface area contributed by atoms with Crippen LogP contribution in [0.1, 0.15) is 74.4 Å². The van der Waals surface area contributed by atoms with Gasteiger partial charge in [-0.25, -0.2) is 19.6 Å². The zero-order valence-electron chi connectivity index (χ0n) is 25.4. The van der Waals surface area contributed by atoms with E-state index < -0.39 is 17.9 Å². The van der Waals surface area contributed by atoms with Crippen LogP contribution in [0.5, 0.6) is 0 Å². The monoisotopic (exact) mass is 614 g/mol. The summed E-state index contributed by atoms with van der Waals surface area (Å²) < 4.78 is 0. The summed E-state index contributed by atoms with van der Waals surface area (Å²) in [6.45, 7) is 2.09. The number of nitrogens with zero attached hydrogens (tertiary/aromatic N) is 2. The first-order valence-corrected chi connectivity index (χ1v) is 15.2. The molecule has 0 atom stereocenters. The van der Waals surface area contributed by atoms with E-state index in [-0.39, 0.29) is 17.5 Å². The molecule has 1 heterocycles. The molecule has 0 aliphatic rings. The highest BCUT2D eigenvalue weighted by Crippen LogP contribution is 2.28. The average molecular weight is 615 g/mol. The predicted molar refractivity (Wildman–Crippen MR) is 175 cm³/mol. The van der Waals surface area contributed by atoms with Crippen LogP contribution in [-0.4, -0.2) is 43.2 Å². The summed E-state index contributed by atoms with van der Waals surface area (Å²) in [6, 6.07) is 28.9. The summed E-state index contributed by atoms with van der Waals surface area (Å²) >= 11 is 0. The van der Waals surface area contributed by atoms with Crippen molar-refractivity contribution in [1.29, 1.82) is 0 Å². The summed E-state index contributed by atoms with van der Waals surface area (Å²) in [5.74, 6) is -2.30. The Labute approximate surface area is 267 Å². The summed E-state index contributed by atoms with van der Waals surface area (Å²) in [7, 11) is 0. The minimum absolute atomic E-state index is 0.221. The van der Waals surface area contributed by atoms with Crippen LogP contribution in [0.25, 0.3) is 22.3 Å². The second-order valence-electron chi connectivity index (χ2n) is 11.1. The van der Waals surface area contributed by atoms with E-state index in [2.05, 4.69) is 6.92 Å². The first kappa shape index (κ1) is 31.8. The lowest BCUT2D eigenvalue weighted by atomic mass is 9.94. The first-order chi connectivity index (χ1) is 22.2. The van der Waals surface area contributed by atoms with Crippen molar-refractivity contribution in [2.45, 2.75) is 45.4 Å². The van der Waals surface area contributed by atoms with Crippen molar-refractivity contribution in [3.63, 3.8) is 0 Å². The molecule has 8 heteroatoms. The van der Waals surface area contributed by atoms with E-state index in [1.165, 1.54) is 0 Å². The lowest BCUT2D eigenvalue weighted by molar-refractivity contribution is -0.136. The molecule has 0 amide bonds. The van der Waals surface area contributed by atoms with Gasteiger partial charge in [-0.1, -0.05) is 98.3 Å². The molecule has 1 aromatic heterocycles. The Morgan fingerprint density at radius 2 is 1.04 bits per heavy atom. The molecular weight excluding hydrogens is 580 g/mol. The molecule has 0 fully saturated rings. The molecule has 0 aliphatic carbocycles. The molecule has 5 rings (SSSR count). The van der Waals surface area contributed by atoms with Crippen molar-refractivity contribution in [3.8, 4) is 22.3 Å². The fourth-order valence-corrected chi connectivity index (χ4v) is 5.57. The Bertz CT molecular complexity index is 1760. The SMILES string of the molecule is CCCCc1nc(Cc2ccc(-c3ccccc3C(=O)O)cc2)c(CC(=O)O)c(Cc2ccc(-c3ccccc3C(=O)O)cc2)n1. The minimum atomic E-state index is -0.995. The molecule has 232 valence electrons. The van der Waals surface area contributed by atoms with Gasteiger partial charge in [-0.2, -0.15) is 0 Å². The second-order valence-corrected chi connectivity index (χ2v) is 11.1. The first-order valence-electron chi connectivity index (χ1n) is 15.2.